The summed E-state index contributed by atoms with van der Waals surface area (Å²) in [5.74, 6) is 1.44. The van der Waals surface area contributed by atoms with Crippen LogP contribution in [-0.4, -0.2) is 25.6 Å². The van der Waals surface area contributed by atoms with Crippen molar-refractivity contribution in [2.75, 3.05) is 23.9 Å². The zero-order valence-electron chi connectivity index (χ0n) is 9.93. The predicted octanol–water partition coefficient (Wildman–Crippen LogP) is 1.59. The Hall–Kier alpha value is -0.820. The fraction of sp³-hybridized carbons (Fsp3) is 0.700. The number of sulfone groups is 1. The molecule has 0 saturated heterocycles. The number of anilines is 2. The van der Waals surface area contributed by atoms with E-state index in [2.05, 4.69) is 16.6 Å². The lowest BCUT2D eigenvalue weighted by Gasteiger charge is -2.11. The van der Waals surface area contributed by atoms with E-state index in [0.717, 1.165) is 30.3 Å². The van der Waals surface area contributed by atoms with Gasteiger partial charge in [-0.15, -0.1) is 0 Å². The molecular weight excluding hydrogens is 258 g/mol. The van der Waals surface area contributed by atoms with Gasteiger partial charge in [0, 0.05) is 12.8 Å². The van der Waals surface area contributed by atoms with Crippen LogP contribution in [0.1, 0.15) is 19.8 Å². The highest BCUT2D eigenvalue weighted by atomic mass is 32.2. The van der Waals surface area contributed by atoms with Crippen molar-refractivity contribution in [3.05, 3.63) is 0 Å². The van der Waals surface area contributed by atoms with E-state index >= 15 is 0 Å². The van der Waals surface area contributed by atoms with Crippen LogP contribution in [0, 0.1) is 11.8 Å². The Balaban J connectivity index is 2.10. The lowest BCUT2D eigenvalue weighted by atomic mass is 10.1. The summed E-state index contributed by atoms with van der Waals surface area (Å²) in [4.78, 5) is 0.144. The van der Waals surface area contributed by atoms with Gasteiger partial charge in [0.1, 0.15) is 9.90 Å². The van der Waals surface area contributed by atoms with Gasteiger partial charge in [0.15, 0.2) is 15.7 Å². The van der Waals surface area contributed by atoms with E-state index in [-0.39, 0.29) is 10.7 Å². The average molecular weight is 275 g/mol. The fourth-order valence-electron chi connectivity index (χ4n) is 1.85. The zero-order valence-corrected chi connectivity index (χ0v) is 11.6. The molecule has 1 aromatic heterocycles. The normalized spacial score (nSPS) is 18.0. The molecule has 1 heterocycles. The van der Waals surface area contributed by atoms with Crippen molar-refractivity contribution in [1.29, 1.82) is 0 Å². The Morgan fingerprint density at radius 2 is 2.24 bits per heavy atom. The number of hydrogen-bond acceptors (Lipinski definition) is 6. The highest BCUT2D eigenvalue weighted by Gasteiger charge is 2.28. The molecule has 1 atom stereocenters. The molecule has 1 aromatic rings. The first kappa shape index (κ1) is 12.6. The Kier molecular flexibility index (Phi) is 3.31. The van der Waals surface area contributed by atoms with Gasteiger partial charge in [-0.1, -0.05) is 6.92 Å². The van der Waals surface area contributed by atoms with Crippen LogP contribution in [0.3, 0.4) is 0 Å². The number of rotatable bonds is 5. The van der Waals surface area contributed by atoms with Crippen LogP contribution in [-0.2, 0) is 9.84 Å². The van der Waals surface area contributed by atoms with Crippen LogP contribution in [0.15, 0.2) is 4.90 Å². The minimum Gasteiger partial charge on any atom is -0.382 e. The summed E-state index contributed by atoms with van der Waals surface area (Å²) >= 11 is 1.11. The van der Waals surface area contributed by atoms with Gasteiger partial charge in [-0.05, 0) is 36.2 Å². The van der Waals surface area contributed by atoms with Crippen LogP contribution in [0.5, 0.6) is 0 Å². The third kappa shape index (κ3) is 2.90. The summed E-state index contributed by atoms with van der Waals surface area (Å²) in [6, 6.07) is 0. The first-order chi connectivity index (χ1) is 7.89. The van der Waals surface area contributed by atoms with Crippen molar-refractivity contribution in [2.24, 2.45) is 11.8 Å². The van der Waals surface area contributed by atoms with Crippen LogP contribution in [0.4, 0.5) is 10.8 Å². The summed E-state index contributed by atoms with van der Waals surface area (Å²) in [7, 11) is -3.31. The monoisotopic (exact) mass is 275 g/mol. The third-order valence-corrected chi connectivity index (χ3v) is 5.16. The molecule has 0 aromatic carbocycles. The summed E-state index contributed by atoms with van der Waals surface area (Å²) < 4.78 is 27.0. The number of hydrogen-bond donors (Lipinski definition) is 2. The molecule has 0 radical (unpaired) electrons. The second kappa shape index (κ2) is 4.45. The highest BCUT2D eigenvalue weighted by molar-refractivity contribution is 7.91. The fourth-order valence-corrected chi connectivity index (χ4v) is 3.93. The Morgan fingerprint density at radius 3 is 2.76 bits per heavy atom. The minimum atomic E-state index is -3.31. The van der Waals surface area contributed by atoms with Gasteiger partial charge in [0.05, 0.1) is 0 Å². The first-order valence-corrected chi connectivity index (χ1v) is 8.25. The summed E-state index contributed by atoms with van der Waals surface area (Å²) in [5.41, 5.74) is 5.59. The molecule has 0 aliphatic heterocycles. The SMILES string of the molecule is CC(CNc1snc(N)c1S(C)(=O)=O)C1CC1. The third-order valence-electron chi connectivity index (χ3n) is 3.06. The van der Waals surface area contributed by atoms with Crippen molar-refractivity contribution in [3.8, 4) is 0 Å². The molecule has 96 valence electrons. The van der Waals surface area contributed by atoms with Crippen molar-refractivity contribution in [1.82, 2.24) is 4.37 Å². The number of nitrogens with one attached hydrogen (secondary N) is 1. The maximum atomic E-state index is 11.6. The predicted molar refractivity (Wildman–Crippen MR) is 70.0 cm³/mol. The molecule has 5 nitrogen and oxygen atoms in total. The lowest BCUT2D eigenvalue weighted by Crippen LogP contribution is -2.14. The van der Waals surface area contributed by atoms with Crippen molar-refractivity contribution in [3.63, 3.8) is 0 Å². The topological polar surface area (TPSA) is 85.1 Å². The Morgan fingerprint density at radius 1 is 1.59 bits per heavy atom. The van der Waals surface area contributed by atoms with Crippen LogP contribution in [0.25, 0.3) is 0 Å². The van der Waals surface area contributed by atoms with Crippen LogP contribution >= 0.6 is 11.5 Å². The van der Waals surface area contributed by atoms with Gasteiger partial charge in [-0.2, -0.15) is 4.37 Å². The first-order valence-electron chi connectivity index (χ1n) is 5.58. The van der Waals surface area contributed by atoms with Gasteiger partial charge in [0.2, 0.25) is 0 Å². The summed E-state index contributed by atoms with van der Waals surface area (Å²) in [5, 5.41) is 3.73. The minimum absolute atomic E-state index is 0.0964. The number of aromatic nitrogens is 1. The van der Waals surface area contributed by atoms with Gasteiger partial charge < -0.3 is 11.1 Å². The summed E-state index contributed by atoms with van der Waals surface area (Å²) in [6.07, 6.45) is 3.72. The molecular formula is C10H17N3O2S2. The van der Waals surface area contributed by atoms with Crippen LogP contribution < -0.4 is 11.1 Å². The van der Waals surface area contributed by atoms with Gasteiger partial charge in [-0.3, -0.25) is 0 Å². The molecule has 1 fully saturated rings. The van der Waals surface area contributed by atoms with Gasteiger partial charge >= 0.3 is 0 Å². The molecule has 7 heteroatoms. The molecule has 0 spiro atoms. The van der Waals surface area contributed by atoms with Crippen LogP contribution in [0.2, 0.25) is 0 Å². The molecule has 1 unspecified atom stereocenters. The van der Waals surface area contributed by atoms with E-state index in [1.807, 2.05) is 0 Å². The van der Waals surface area contributed by atoms with E-state index in [1.165, 1.54) is 12.8 Å². The number of nitrogen functional groups attached to an aromatic ring is 1. The second-order valence-electron chi connectivity index (χ2n) is 4.69. The molecule has 1 saturated carbocycles. The molecule has 3 N–H and O–H groups in total. The summed E-state index contributed by atoms with van der Waals surface area (Å²) in [6.45, 7) is 2.95. The lowest BCUT2D eigenvalue weighted by molar-refractivity contribution is 0.536. The van der Waals surface area contributed by atoms with Gasteiger partial charge in [-0.25, -0.2) is 8.42 Å². The largest absolute Gasteiger partial charge is 0.382 e. The zero-order chi connectivity index (χ0) is 12.6. The Labute approximate surface area is 105 Å². The molecule has 1 aliphatic carbocycles. The second-order valence-corrected chi connectivity index (χ2v) is 7.42. The molecule has 0 amide bonds. The van der Waals surface area contributed by atoms with Crippen molar-refractivity contribution >= 4 is 32.2 Å². The average Bonchev–Trinajstić information content (AvgIpc) is 2.98. The van der Waals surface area contributed by atoms with E-state index in [1.54, 1.807) is 0 Å². The van der Waals surface area contributed by atoms with Gasteiger partial charge in [0.25, 0.3) is 0 Å². The number of nitrogens with zero attached hydrogens (tertiary/aromatic N) is 1. The number of nitrogens with two attached hydrogens (primary N) is 1. The molecule has 0 bridgehead atoms. The highest BCUT2D eigenvalue weighted by Crippen LogP contribution is 2.37. The van der Waals surface area contributed by atoms with E-state index in [0.29, 0.717) is 10.9 Å². The quantitative estimate of drug-likeness (QED) is 0.852. The standard InChI is InChI=1S/C10H17N3O2S2/c1-6(7-3-4-7)5-12-10-8(17(2,14)15)9(11)13-16-10/h6-7,12H,3-5H2,1-2H3,(H2,11,13). The maximum Gasteiger partial charge on any atom is 0.182 e. The Bertz CT molecular complexity index is 506. The smallest absolute Gasteiger partial charge is 0.182 e. The van der Waals surface area contributed by atoms with E-state index in [4.69, 9.17) is 5.73 Å². The molecule has 2 rings (SSSR count). The van der Waals surface area contributed by atoms with E-state index in [9.17, 15) is 8.42 Å². The van der Waals surface area contributed by atoms with Crippen molar-refractivity contribution in [2.45, 2.75) is 24.7 Å². The van der Waals surface area contributed by atoms with E-state index < -0.39 is 9.84 Å². The van der Waals surface area contributed by atoms with Crippen molar-refractivity contribution < 1.29 is 8.42 Å². The molecule has 1 aliphatic rings. The molecule has 17 heavy (non-hydrogen) atoms. The maximum absolute atomic E-state index is 11.6.